The van der Waals surface area contributed by atoms with E-state index in [9.17, 15) is 5.26 Å². The average molecular weight is 404 g/mol. The van der Waals surface area contributed by atoms with Crippen LogP contribution in [0.25, 0.3) is 16.7 Å². The fraction of sp³-hybridized carbons (Fsp3) is 0.522. The molecule has 2 aromatic heterocycles. The molecule has 2 aromatic rings. The highest BCUT2D eigenvalue weighted by Crippen LogP contribution is 2.47. The molecule has 1 aliphatic heterocycles. The normalized spacial score (nSPS) is 31.2. The summed E-state index contributed by atoms with van der Waals surface area (Å²) < 4.78 is 15.7. The third-order valence-electron chi connectivity index (χ3n) is 7.47. The molecule has 7 heteroatoms. The molecule has 0 radical (unpaired) electrons. The zero-order valence-electron chi connectivity index (χ0n) is 16.8. The number of halogens is 1. The molecule has 0 saturated heterocycles. The lowest BCUT2D eigenvalue weighted by molar-refractivity contribution is 0.114. The van der Waals surface area contributed by atoms with Crippen molar-refractivity contribution in [2.24, 2.45) is 17.8 Å². The molecule has 4 saturated carbocycles. The zero-order valence-corrected chi connectivity index (χ0v) is 16.8. The fourth-order valence-electron chi connectivity index (χ4n) is 5.77. The van der Waals surface area contributed by atoms with Gasteiger partial charge in [-0.2, -0.15) is 5.26 Å². The molecular formula is C23H25FN6. The molecule has 2 unspecified atom stereocenters. The number of nitrogens with one attached hydrogen (secondary N) is 3. The van der Waals surface area contributed by atoms with Crippen molar-refractivity contribution in [2.75, 3.05) is 0 Å². The van der Waals surface area contributed by atoms with Crippen LogP contribution >= 0.6 is 0 Å². The third-order valence-corrected chi connectivity index (χ3v) is 7.47. The largest absolute Gasteiger partial charge is 0.362 e. The standard InChI is InChI=1S/C23H25FN6/c24-20-19(14-5-6-14)15(8-25)21(16-10-27-22-17(16)9-26-11-28-22)30-23(20)29-18-7-12-1-3-13(18)4-2-12/h9-14,18,23,29-30H,1-7H2,(H,26,27,28). The molecule has 3 heterocycles. The van der Waals surface area contributed by atoms with Crippen molar-refractivity contribution >= 4 is 16.7 Å². The molecular weight excluding hydrogens is 379 g/mol. The first kappa shape index (κ1) is 18.1. The summed E-state index contributed by atoms with van der Waals surface area (Å²) in [6, 6.07) is 2.63. The summed E-state index contributed by atoms with van der Waals surface area (Å²) in [5.74, 6) is 1.34. The highest BCUT2D eigenvalue weighted by atomic mass is 19.1. The van der Waals surface area contributed by atoms with Gasteiger partial charge in [-0.15, -0.1) is 0 Å². The van der Waals surface area contributed by atoms with Crippen LogP contribution in [0.3, 0.4) is 0 Å². The Hall–Kier alpha value is -2.72. The summed E-state index contributed by atoms with van der Waals surface area (Å²) in [5, 5.41) is 17.8. The second-order valence-corrected chi connectivity index (χ2v) is 9.25. The zero-order chi connectivity index (χ0) is 20.2. The molecule has 4 fully saturated rings. The number of hydrogen-bond donors (Lipinski definition) is 3. The van der Waals surface area contributed by atoms with E-state index >= 15 is 4.39 Å². The number of rotatable bonds is 4. The van der Waals surface area contributed by atoms with Crippen LogP contribution in [-0.2, 0) is 0 Å². The van der Waals surface area contributed by atoms with Crippen molar-refractivity contribution in [3.63, 3.8) is 0 Å². The smallest absolute Gasteiger partial charge is 0.142 e. The van der Waals surface area contributed by atoms with Gasteiger partial charge in [0.05, 0.1) is 11.3 Å². The monoisotopic (exact) mass is 404 g/mol. The number of H-pyrrole nitrogens is 1. The molecule has 4 aliphatic carbocycles. The summed E-state index contributed by atoms with van der Waals surface area (Å²) >= 11 is 0. The van der Waals surface area contributed by atoms with E-state index in [1.165, 1.54) is 32.0 Å². The van der Waals surface area contributed by atoms with Crippen LogP contribution in [0.4, 0.5) is 4.39 Å². The van der Waals surface area contributed by atoms with Crippen molar-refractivity contribution in [1.82, 2.24) is 25.6 Å². The van der Waals surface area contributed by atoms with Gasteiger partial charge >= 0.3 is 0 Å². The summed E-state index contributed by atoms with van der Waals surface area (Å²) in [5.41, 5.74) is 3.23. The maximum Gasteiger partial charge on any atom is 0.142 e. The van der Waals surface area contributed by atoms with E-state index in [4.69, 9.17) is 0 Å². The van der Waals surface area contributed by atoms with Gasteiger partial charge in [0, 0.05) is 35.0 Å². The summed E-state index contributed by atoms with van der Waals surface area (Å²) in [4.78, 5) is 11.6. The Morgan fingerprint density at radius 2 is 2.00 bits per heavy atom. The maximum atomic E-state index is 15.7. The summed E-state index contributed by atoms with van der Waals surface area (Å²) in [6.07, 6.45) is 12.6. The molecule has 3 N–H and O–H groups in total. The summed E-state index contributed by atoms with van der Waals surface area (Å²) in [6.45, 7) is 0. The van der Waals surface area contributed by atoms with Crippen LogP contribution in [0.5, 0.6) is 0 Å². The SMILES string of the molecule is N#CC1=C(c2c[nH]c3ncncc23)NC(NC2CC3CCC2CC3)C(F)=C1C1CC1. The van der Waals surface area contributed by atoms with Crippen molar-refractivity contribution in [1.29, 1.82) is 5.26 Å². The van der Waals surface area contributed by atoms with E-state index < -0.39 is 6.17 Å². The van der Waals surface area contributed by atoms with Crippen molar-refractivity contribution in [3.05, 3.63) is 41.3 Å². The number of nitrogens with zero attached hydrogens (tertiary/aromatic N) is 3. The number of aromatic amines is 1. The number of nitriles is 1. The minimum atomic E-state index is -0.591. The van der Waals surface area contributed by atoms with E-state index in [0.29, 0.717) is 34.5 Å². The Kier molecular flexibility index (Phi) is 4.17. The Bertz CT molecular complexity index is 1100. The minimum absolute atomic E-state index is 0.144. The Morgan fingerprint density at radius 1 is 1.17 bits per heavy atom. The maximum absolute atomic E-state index is 15.7. The van der Waals surface area contributed by atoms with E-state index in [-0.39, 0.29) is 11.7 Å². The molecule has 30 heavy (non-hydrogen) atoms. The molecule has 2 atom stereocenters. The number of aromatic nitrogens is 3. The predicted molar refractivity (Wildman–Crippen MR) is 111 cm³/mol. The van der Waals surface area contributed by atoms with E-state index in [1.54, 1.807) is 6.20 Å². The number of hydrogen-bond acceptors (Lipinski definition) is 5. The van der Waals surface area contributed by atoms with Gasteiger partial charge in [0.25, 0.3) is 0 Å². The van der Waals surface area contributed by atoms with Crippen molar-refractivity contribution in [2.45, 2.75) is 57.2 Å². The highest BCUT2D eigenvalue weighted by Gasteiger charge is 2.42. The number of dihydropyridines is 1. The molecule has 6 nitrogen and oxygen atoms in total. The highest BCUT2D eigenvalue weighted by molar-refractivity contribution is 5.93. The van der Waals surface area contributed by atoms with E-state index in [0.717, 1.165) is 36.1 Å². The Balaban J connectivity index is 1.41. The second kappa shape index (κ2) is 6.92. The fourth-order valence-corrected chi connectivity index (χ4v) is 5.77. The summed E-state index contributed by atoms with van der Waals surface area (Å²) in [7, 11) is 0. The van der Waals surface area contributed by atoms with Gasteiger partial charge in [-0.25, -0.2) is 14.4 Å². The van der Waals surface area contributed by atoms with Gasteiger partial charge in [0.15, 0.2) is 0 Å². The van der Waals surface area contributed by atoms with Gasteiger partial charge in [0.2, 0.25) is 0 Å². The quantitative estimate of drug-likeness (QED) is 0.719. The molecule has 0 amide bonds. The van der Waals surface area contributed by atoms with Crippen LogP contribution in [0.15, 0.2) is 35.7 Å². The second-order valence-electron chi connectivity index (χ2n) is 9.25. The lowest BCUT2D eigenvalue weighted by Crippen LogP contribution is -2.54. The molecule has 2 bridgehead atoms. The molecule has 0 spiro atoms. The van der Waals surface area contributed by atoms with Crippen molar-refractivity contribution in [3.8, 4) is 6.07 Å². The van der Waals surface area contributed by atoms with E-state index in [1.807, 2.05) is 6.20 Å². The average Bonchev–Trinajstić information content (AvgIpc) is 3.53. The first-order valence-corrected chi connectivity index (χ1v) is 11.1. The van der Waals surface area contributed by atoms with Crippen LogP contribution in [-0.4, -0.2) is 27.2 Å². The molecule has 154 valence electrons. The Morgan fingerprint density at radius 3 is 2.70 bits per heavy atom. The van der Waals surface area contributed by atoms with E-state index in [2.05, 4.69) is 31.7 Å². The van der Waals surface area contributed by atoms with Gasteiger partial charge in [-0.05, 0) is 49.9 Å². The first-order chi connectivity index (χ1) is 14.7. The van der Waals surface area contributed by atoms with Crippen LogP contribution < -0.4 is 10.6 Å². The van der Waals surface area contributed by atoms with Gasteiger partial charge in [-0.1, -0.05) is 12.8 Å². The molecule has 7 rings (SSSR count). The molecule has 0 aromatic carbocycles. The lowest BCUT2D eigenvalue weighted by Gasteiger charge is -2.44. The number of allylic oxidation sites excluding steroid dienone is 2. The number of fused-ring (bicyclic) bond motifs is 4. The van der Waals surface area contributed by atoms with Crippen LogP contribution in [0, 0.1) is 29.1 Å². The van der Waals surface area contributed by atoms with Crippen LogP contribution in [0.2, 0.25) is 0 Å². The topological polar surface area (TPSA) is 89.4 Å². The van der Waals surface area contributed by atoms with Gasteiger partial charge < -0.3 is 10.3 Å². The third kappa shape index (κ3) is 2.85. The Labute approximate surface area is 174 Å². The predicted octanol–water partition coefficient (Wildman–Crippen LogP) is 3.92. The van der Waals surface area contributed by atoms with Crippen molar-refractivity contribution < 1.29 is 4.39 Å². The van der Waals surface area contributed by atoms with Gasteiger partial charge in [0.1, 0.15) is 30.0 Å². The molecule has 5 aliphatic rings. The van der Waals surface area contributed by atoms with Crippen LogP contribution in [0.1, 0.15) is 50.5 Å². The first-order valence-electron chi connectivity index (χ1n) is 11.1. The van der Waals surface area contributed by atoms with Gasteiger partial charge in [-0.3, -0.25) is 5.32 Å². The lowest BCUT2D eigenvalue weighted by atomic mass is 9.68. The minimum Gasteiger partial charge on any atom is -0.362 e.